The molecule has 1 heterocycles. The van der Waals surface area contributed by atoms with Gasteiger partial charge < -0.3 is 15.5 Å². The molecule has 2 N–H and O–H groups in total. The number of nitrogens with zero attached hydrogens (tertiary/aromatic N) is 2. The van der Waals surface area contributed by atoms with Crippen LogP contribution in [0, 0.1) is 11.8 Å². The Morgan fingerprint density at radius 3 is 2.32 bits per heavy atom. The number of piperidine rings is 1. The number of hydrogen-bond donors (Lipinski definition) is 2. The zero-order chi connectivity index (χ0) is 22.0. The van der Waals surface area contributed by atoms with E-state index in [4.69, 9.17) is 4.99 Å². The van der Waals surface area contributed by atoms with Crippen molar-refractivity contribution in [2.24, 2.45) is 16.8 Å². The molecule has 8 heteroatoms. The molecule has 0 amide bonds. The predicted octanol–water partition coefficient (Wildman–Crippen LogP) is 3.56. The van der Waals surface area contributed by atoms with Crippen LogP contribution < -0.4 is 10.6 Å². The maximum atomic E-state index is 11.5. The second-order valence-corrected chi connectivity index (χ2v) is 10.8. The molecule has 1 aliphatic rings. The molecule has 2 atom stereocenters. The van der Waals surface area contributed by atoms with Gasteiger partial charge in [0.15, 0.2) is 15.8 Å². The van der Waals surface area contributed by atoms with Gasteiger partial charge in [0.1, 0.15) is 0 Å². The number of halogens is 1. The monoisotopic (exact) mass is 564 g/mol. The van der Waals surface area contributed by atoms with E-state index in [9.17, 15) is 8.42 Å². The first-order valence-corrected chi connectivity index (χ1v) is 13.2. The Bertz CT molecular complexity index is 758. The van der Waals surface area contributed by atoms with E-state index in [0.717, 1.165) is 55.8 Å². The molecular formula is C23H41IN4O2S. The van der Waals surface area contributed by atoms with Crippen LogP contribution in [0.15, 0.2) is 34.2 Å². The van der Waals surface area contributed by atoms with Crippen LogP contribution in [-0.4, -0.2) is 64.8 Å². The highest BCUT2D eigenvalue weighted by molar-refractivity contribution is 14.0. The van der Waals surface area contributed by atoms with Crippen molar-refractivity contribution < 1.29 is 8.42 Å². The number of unbranched alkanes of at least 4 members (excludes halogenated alkanes) is 1. The molecule has 1 aromatic rings. The molecule has 2 rings (SSSR count). The van der Waals surface area contributed by atoms with Gasteiger partial charge in [-0.2, -0.15) is 0 Å². The average Bonchev–Trinajstić information content (AvgIpc) is 2.66. The van der Waals surface area contributed by atoms with Gasteiger partial charge in [-0.15, -0.1) is 24.0 Å². The molecule has 1 saturated heterocycles. The van der Waals surface area contributed by atoms with E-state index in [1.54, 1.807) is 12.1 Å². The highest BCUT2D eigenvalue weighted by atomic mass is 127. The number of benzene rings is 1. The van der Waals surface area contributed by atoms with Gasteiger partial charge in [-0.25, -0.2) is 8.42 Å². The third-order valence-corrected chi connectivity index (χ3v) is 6.63. The fourth-order valence-electron chi connectivity index (χ4n) is 4.18. The third kappa shape index (κ3) is 11.0. The second-order valence-electron chi connectivity index (χ2n) is 8.77. The van der Waals surface area contributed by atoms with E-state index < -0.39 is 9.84 Å². The van der Waals surface area contributed by atoms with Crippen molar-refractivity contribution in [3.05, 3.63) is 29.8 Å². The number of guanidine groups is 1. The lowest BCUT2D eigenvalue weighted by Gasteiger charge is -2.34. The lowest BCUT2D eigenvalue weighted by atomic mass is 9.92. The predicted molar refractivity (Wildman–Crippen MR) is 141 cm³/mol. The molecule has 0 radical (unpaired) electrons. The third-order valence-electron chi connectivity index (χ3n) is 5.50. The van der Waals surface area contributed by atoms with Crippen molar-refractivity contribution >= 4 is 39.8 Å². The van der Waals surface area contributed by atoms with E-state index >= 15 is 0 Å². The van der Waals surface area contributed by atoms with Crippen molar-refractivity contribution in [1.82, 2.24) is 15.5 Å². The molecule has 178 valence electrons. The van der Waals surface area contributed by atoms with Gasteiger partial charge in [0.05, 0.1) is 4.90 Å². The van der Waals surface area contributed by atoms with Gasteiger partial charge in [0.25, 0.3) is 0 Å². The van der Waals surface area contributed by atoms with Crippen LogP contribution in [0.2, 0.25) is 0 Å². The van der Waals surface area contributed by atoms with Gasteiger partial charge in [-0.1, -0.05) is 26.0 Å². The molecule has 0 bridgehead atoms. The van der Waals surface area contributed by atoms with Crippen molar-refractivity contribution in [2.45, 2.75) is 51.3 Å². The Kier molecular flexibility index (Phi) is 13.0. The standard InChI is InChI=1S/C23H40N4O2S.HI/c1-5-24-23(25-13-6-7-15-27-17-19(2)16-20(3)18-27)26-14-12-21-8-10-22(11-9-21)30(4,28)29;/h8-11,19-20H,5-7,12-18H2,1-4H3,(H2,24,25,26);1H. The summed E-state index contributed by atoms with van der Waals surface area (Å²) in [6.45, 7) is 12.9. The van der Waals surface area contributed by atoms with Crippen LogP contribution in [0.4, 0.5) is 0 Å². The lowest BCUT2D eigenvalue weighted by molar-refractivity contribution is 0.139. The van der Waals surface area contributed by atoms with Crippen LogP contribution in [0.25, 0.3) is 0 Å². The fraction of sp³-hybridized carbons (Fsp3) is 0.696. The number of rotatable bonds is 10. The summed E-state index contributed by atoms with van der Waals surface area (Å²) in [6.07, 6.45) is 5.70. The quantitative estimate of drug-likeness (QED) is 0.197. The number of aliphatic imine (C=N–C) groups is 1. The first-order chi connectivity index (χ1) is 14.3. The topological polar surface area (TPSA) is 73.8 Å². The Morgan fingerprint density at radius 1 is 1.10 bits per heavy atom. The van der Waals surface area contributed by atoms with Gasteiger partial charge in [-0.05, 0) is 68.7 Å². The Labute approximate surface area is 206 Å². The van der Waals surface area contributed by atoms with Crippen molar-refractivity contribution in [2.75, 3.05) is 45.5 Å². The molecular weight excluding hydrogens is 523 g/mol. The molecule has 2 unspecified atom stereocenters. The van der Waals surface area contributed by atoms with Gasteiger partial charge in [0, 0.05) is 39.0 Å². The minimum Gasteiger partial charge on any atom is -0.357 e. The highest BCUT2D eigenvalue weighted by Gasteiger charge is 2.20. The van der Waals surface area contributed by atoms with E-state index in [-0.39, 0.29) is 24.0 Å². The van der Waals surface area contributed by atoms with E-state index in [2.05, 4.69) is 36.3 Å². The normalized spacial score (nSPS) is 20.2. The largest absolute Gasteiger partial charge is 0.357 e. The van der Waals surface area contributed by atoms with Crippen LogP contribution >= 0.6 is 24.0 Å². The molecule has 1 fully saturated rings. The van der Waals surface area contributed by atoms with E-state index in [1.807, 2.05) is 12.1 Å². The summed E-state index contributed by atoms with van der Waals surface area (Å²) < 4.78 is 23.1. The molecule has 1 aromatic carbocycles. The number of hydrogen-bond acceptors (Lipinski definition) is 4. The number of likely N-dealkylation sites (tertiary alicyclic amines) is 1. The maximum absolute atomic E-state index is 11.5. The second kappa shape index (κ2) is 14.3. The Morgan fingerprint density at radius 2 is 1.74 bits per heavy atom. The smallest absolute Gasteiger partial charge is 0.191 e. The van der Waals surface area contributed by atoms with Gasteiger partial charge >= 0.3 is 0 Å². The molecule has 1 aliphatic heterocycles. The number of sulfone groups is 1. The molecule has 0 aliphatic carbocycles. The van der Waals surface area contributed by atoms with Crippen LogP contribution in [0.3, 0.4) is 0 Å². The summed E-state index contributed by atoms with van der Waals surface area (Å²) in [6, 6.07) is 7.11. The zero-order valence-electron chi connectivity index (χ0n) is 19.6. The summed E-state index contributed by atoms with van der Waals surface area (Å²) in [5, 5.41) is 6.68. The summed E-state index contributed by atoms with van der Waals surface area (Å²) in [7, 11) is -3.14. The van der Waals surface area contributed by atoms with E-state index in [0.29, 0.717) is 4.90 Å². The minimum atomic E-state index is -3.14. The summed E-state index contributed by atoms with van der Waals surface area (Å²) >= 11 is 0. The first kappa shape index (κ1) is 28.2. The van der Waals surface area contributed by atoms with Crippen molar-refractivity contribution in [3.8, 4) is 0 Å². The maximum Gasteiger partial charge on any atom is 0.191 e. The summed E-state index contributed by atoms with van der Waals surface area (Å²) in [5.41, 5.74) is 1.11. The van der Waals surface area contributed by atoms with Crippen LogP contribution in [0.1, 0.15) is 45.6 Å². The zero-order valence-corrected chi connectivity index (χ0v) is 22.7. The molecule has 31 heavy (non-hydrogen) atoms. The lowest BCUT2D eigenvalue weighted by Crippen LogP contribution is -2.39. The first-order valence-electron chi connectivity index (χ1n) is 11.3. The minimum absolute atomic E-state index is 0. The van der Waals surface area contributed by atoms with E-state index in [1.165, 1.54) is 38.7 Å². The van der Waals surface area contributed by atoms with Crippen LogP contribution in [-0.2, 0) is 16.3 Å². The highest BCUT2D eigenvalue weighted by Crippen LogP contribution is 2.21. The molecule has 0 spiro atoms. The Hall–Kier alpha value is -0.870. The van der Waals surface area contributed by atoms with Crippen LogP contribution in [0.5, 0.6) is 0 Å². The van der Waals surface area contributed by atoms with Crippen molar-refractivity contribution in [3.63, 3.8) is 0 Å². The van der Waals surface area contributed by atoms with Gasteiger partial charge in [-0.3, -0.25) is 4.99 Å². The Balaban J connectivity index is 0.00000480. The number of nitrogens with one attached hydrogen (secondary N) is 2. The summed E-state index contributed by atoms with van der Waals surface area (Å²) in [5.74, 6) is 2.49. The van der Waals surface area contributed by atoms with Crippen molar-refractivity contribution in [1.29, 1.82) is 0 Å². The molecule has 0 saturated carbocycles. The average molecular weight is 565 g/mol. The SMILES string of the molecule is CCNC(=NCCCCN1CC(C)CC(C)C1)NCCc1ccc(S(C)(=O)=O)cc1.I. The molecule has 6 nitrogen and oxygen atoms in total. The van der Waals surface area contributed by atoms with Gasteiger partial charge in [0.2, 0.25) is 0 Å². The summed E-state index contributed by atoms with van der Waals surface area (Å²) in [4.78, 5) is 7.68. The molecule has 0 aromatic heterocycles. The fourth-order valence-corrected chi connectivity index (χ4v) is 4.81.